The Hall–Kier alpha value is -2.29. The summed E-state index contributed by atoms with van der Waals surface area (Å²) in [6.07, 6.45) is 9.36. The molecule has 20 heavy (non-hydrogen) atoms. The van der Waals surface area contributed by atoms with Gasteiger partial charge in [-0.15, -0.1) is 0 Å². The molecular formula is C17H17NO2. The van der Waals surface area contributed by atoms with Crippen LogP contribution in [0.15, 0.2) is 47.1 Å². The third-order valence-electron chi connectivity index (χ3n) is 3.60. The molecule has 0 spiro atoms. The van der Waals surface area contributed by atoms with Crippen LogP contribution in [-0.2, 0) is 17.6 Å². The first-order valence-corrected chi connectivity index (χ1v) is 6.96. The Morgan fingerprint density at radius 2 is 2.05 bits per heavy atom. The van der Waals surface area contributed by atoms with Crippen molar-refractivity contribution in [2.45, 2.75) is 25.7 Å². The first-order valence-electron chi connectivity index (χ1n) is 6.96. The summed E-state index contributed by atoms with van der Waals surface area (Å²) in [6, 6.07) is 9.75. The molecule has 1 aromatic heterocycles. The largest absolute Gasteiger partial charge is 0.465 e. The fourth-order valence-electron chi connectivity index (χ4n) is 2.62. The van der Waals surface area contributed by atoms with E-state index in [4.69, 9.17) is 4.42 Å². The molecule has 3 nitrogen and oxygen atoms in total. The van der Waals surface area contributed by atoms with Crippen LogP contribution < -0.4 is 5.32 Å². The van der Waals surface area contributed by atoms with Gasteiger partial charge in [0.05, 0.1) is 6.26 Å². The van der Waals surface area contributed by atoms with Crippen molar-refractivity contribution in [3.05, 3.63) is 59.6 Å². The van der Waals surface area contributed by atoms with E-state index in [1.165, 1.54) is 30.0 Å². The van der Waals surface area contributed by atoms with Gasteiger partial charge in [0.15, 0.2) is 0 Å². The summed E-state index contributed by atoms with van der Waals surface area (Å²) in [5.74, 6) is 0.551. The summed E-state index contributed by atoms with van der Waals surface area (Å²) >= 11 is 0. The summed E-state index contributed by atoms with van der Waals surface area (Å²) in [7, 11) is 0. The molecule has 0 aliphatic heterocycles. The molecule has 1 heterocycles. The molecule has 0 atom stereocenters. The van der Waals surface area contributed by atoms with Gasteiger partial charge in [0.1, 0.15) is 5.76 Å². The van der Waals surface area contributed by atoms with E-state index >= 15 is 0 Å². The monoisotopic (exact) mass is 267 g/mol. The van der Waals surface area contributed by atoms with Gasteiger partial charge < -0.3 is 9.73 Å². The van der Waals surface area contributed by atoms with E-state index in [0.717, 1.165) is 18.5 Å². The van der Waals surface area contributed by atoms with E-state index < -0.39 is 0 Å². The zero-order valence-corrected chi connectivity index (χ0v) is 11.3. The van der Waals surface area contributed by atoms with Crippen LogP contribution in [0.3, 0.4) is 0 Å². The van der Waals surface area contributed by atoms with Gasteiger partial charge in [0.25, 0.3) is 0 Å². The van der Waals surface area contributed by atoms with Gasteiger partial charge in [-0.25, -0.2) is 0 Å². The summed E-state index contributed by atoms with van der Waals surface area (Å²) in [6.45, 7) is 0. The van der Waals surface area contributed by atoms with Crippen molar-refractivity contribution in [2.75, 3.05) is 5.32 Å². The highest BCUT2D eigenvalue weighted by Crippen LogP contribution is 2.27. The highest BCUT2D eigenvalue weighted by Gasteiger charge is 2.13. The number of nitrogens with one attached hydrogen (secondary N) is 1. The molecular weight excluding hydrogens is 250 g/mol. The number of hydrogen-bond donors (Lipinski definition) is 1. The van der Waals surface area contributed by atoms with Crippen LogP contribution in [-0.4, -0.2) is 5.91 Å². The summed E-state index contributed by atoms with van der Waals surface area (Å²) in [5.41, 5.74) is 3.60. The fraction of sp³-hybridized carbons (Fsp3) is 0.235. The zero-order chi connectivity index (χ0) is 13.8. The molecule has 1 N–H and O–H groups in total. The maximum Gasteiger partial charge on any atom is 0.248 e. The van der Waals surface area contributed by atoms with Crippen molar-refractivity contribution in [3.8, 4) is 0 Å². The molecule has 3 rings (SSSR count). The van der Waals surface area contributed by atoms with E-state index in [-0.39, 0.29) is 5.91 Å². The Kier molecular flexibility index (Phi) is 3.68. The number of furan rings is 1. The second-order valence-corrected chi connectivity index (χ2v) is 4.99. The van der Waals surface area contributed by atoms with E-state index in [2.05, 4.69) is 11.4 Å². The van der Waals surface area contributed by atoms with Crippen molar-refractivity contribution in [3.63, 3.8) is 0 Å². The SMILES string of the molecule is O=C(/C=C/c1ccco1)Nc1cccc2c1CCCC2. The van der Waals surface area contributed by atoms with Gasteiger partial charge in [0.2, 0.25) is 5.91 Å². The number of fused-ring (bicyclic) bond motifs is 1. The molecule has 0 saturated carbocycles. The lowest BCUT2D eigenvalue weighted by atomic mass is 9.90. The summed E-state index contributed by atoms with van der Waals surface area (Å²) < 4.78 is 5.16. The summed E-state index contributed by atoms with van der Waals surface area (Å²) in [4.78, 5) is 12.0. The number of anilines is 1. The van der Waals surface area contributed by atoms with Crippen molar-refractivity contribution < 1.29 is 9.21 Å². The predicted octanol–water partition coefficient (Wildman–Crippen LogP) is 3.81. The highest BCUT2D eigenvalue weighted by molar-refractivity contribution is 6.02. The second kappa shape index (κ2) is 5.78. The number of aryl methyl sites for hydroxylation is 1. The molecule has 1 aliphatic carbocycles. The zero-order valence-electron chi connectivity index (χ0n) is 11.3. The Morgan fingerprint density at radius 1 is 1.15 bits per heavy atom. The van der Waals surface area contributed by atoms with Gasteiger partial charge in [-0.1, -0.05) is 12.1 Å². The third kappa shape index (κ3) is 2.82. The molecule has 0 bridgehead atoms. The molecule has 1 aliphatic rings. The number of carbonyl (C=O) groups excluding carboxylic acids is 1. The molecule has 0 unspecified atom stereocenters. The van der Waals surface area contributed by atoms with Gasteiger partial charge in [0, 0.05) is 11.8 Å². The highest BCUT2D eigenvalue weighted by atomic mass is 16.3. The standard InChI is InChI=1S/C17H17NO2/c19-17(11-10-14-7-4-12-20-14)18-16-9-3-6-13-5-1-2-8-15(13)16/h3-4,6-7,9-12H,1-2,5,8H2,(H,18,19)/b11-10+. The average Bonchev–Trinajstić information content (AvgIpc) is 2.99. The minimum atomic E-state index is -0.125. The first kappa shape index (κ1) is 12.7. The van der Waals surface area contributed by atoms with E-state index in [0.29, 0.717) is 5.76 Å². The van der Waals surface area contributed by atoms with Crippen molar-refractivity contribution in [1.29, 1.82) is 0 Å². The lowest BCUT2D eigenvalue weighted by Gasteiger charge is -2.19. The van der Waals surface area contributed by atoms with Gasteiger partial charge in [-0.3, -0.25) is 4.79 Å². The molecule has 0 radical (unpaired) electrons. The van der Waals surface area contributed by atoms with E-state index in [1.54, 1.807) is 18.4 Å². The van der Waals surface area contributed by atoms with Crippen molar-refractivity contribution >= 4 is 17.7 Å². The molecule has 3 heteroatoms. The predicted molar refractivity (Wildman–Crippen MR) is 79.5 cm³/mol. The lowest BCUT2D eigenvalue weighted by Crippen LogP contribution is -2.12. The van der Waals surface area contributed by atoms with E-state index in [9.17, 15) is 4.79 Å². The number of benzene rings is 1. The molecule has 0 fully saturated rings. The normalized spacial score (nSPS) is 14.2. The third-order valence-corrected chi connectivity index (χ3v) is 3.60. The van der Waals surface area contributed by atoms with Crippen LogP contribution in [0, 0.1) is 0 Å². The van der Waals surface area contributed by atoms with Crippen LogP contribution in [0.25, 0.3) is 6.08 Å². The van der Waals surface area contributed by atoms with Crippen LogP contribution >= 0.6 is 0 Å². The molecule has 1 aromatic carbocycles. The number of amides is 1. The Labute approximate surface area is 118 Å². The van der Waals surface area contributed by atoms with Crippen LogP contribution in [0.1, 0.15) is 29.7 Å². The van der Waals surface area contributed by atoms with Crippen LogP contribution in [0.5, 0.6) is 0 Å². The van der Waals surface area contributed by atoms with E-state index in [1.807, 2.05) is 18.2 Å². The number of rotatable bonds is 3. The quantitative estimate of drug-likeness (QED) is 0.859. The molecule has 0 saturated heterocycles. The van der Waals surface area contributed by atoms with Gasteiger partial charge >= 0.3 is 0 Å². The fourth-order valence-corrected chi connectivity index (χ4v) is 2.62. The molecule has 2 aromatic rings. The minimum Gasteiger partial charge on any atom is -0.465 e. The second-order valence-electron chi connectivity index (χ2n) is 4.99. The first-order chi connectivity index (χ1) is 9.83. The lowest BCUT2D eigenvalue weighted by molar-refractivity contribution is -0.111. The Morgan fingerprint density at radius 3 is 2.90 bits per heavy atom. The summed E-state index contributed by atoms with van der Waals surface area (Å²) in [5, 5.41) is 2.97. The Balaban J connectivity index is 1.73. The minimum absolute atomic E-state index is 0.125. The molecule has 1 amide bonds. The van der Waals surface area contributed by atoms with Gasteiger partial charge in [-0.05, 0) is 61.1 Å². The van der Waals surface area contributed by atoms with Crippen LogP contribution in [0.4, 0.5) is 5.69 Å². The smallest absolute Gasteiger partial charge is 0.248 e. The van der Waals surface area contributed by atoms with Gasteiger partial charge in [-0.2, -0.15) is 0 Å². The van der Waals surface area contributed by atoms with Crippen molar-refractivity contribution in [2.24, 2.45) is 0 Å². The maximum absolute atomic E-state index is 12.0. The molecule has 102 valence electrons. The maximum atomic E-state index is 12.0. The van der Waals surface area contributed by atoms with Crippen molar-refractivity contribution in [1.82, 2.24) is 0 Å². The number of hydrogen-bond acceptors (Lipinski definition) is 2. The average molecular weight is 267 g/mol. The topological polar surface area (TPSA) is 42.2 Å². The van der Waals surface area contributed by atoms with Crippen LogP contribution in [0.2, 0.25) is 0 Å². The Bertz CT molecular complexity index is 626. The number of carbonyl (C=O) groups is 1.